The summed E-state index contributed by atoms with van der Waals surface area (Å²) >= 11 is 0. The molecule has 2 aliphatic heterocycles. The number of hydrogen-bond acceptors (Lipinski definition) is 3. The molecule has 6 heteroatoms. The van der Waals surface area contributed by atoms with E-state index in [2.05, 4.69) is 36.3 Å². The minimum absolute atomic E-state index is 0.393. The molecule has 98 valence electrons. The van der Waals surface area contributed by atoms with Crippen LogP contribution >= 0.6 is 0 Å². The predicted molar refractivity (Wildman–Crippen MR) is 71.2 cm³/mol. The summed E-state index contributed by atoms with van der Waals surface area (Å²) in [5, 5.41) is 13.0. The number of rotatable bonds is 0. The van der Waals surface area contributed by atoms with Crippen molar-refractivity contribution in [3.63, 3.8) is 0 Å². The molecule has 1 spiro atoms. The van der Waals surface area contributed by atoms with Gasteiger partial charge in [-0.15, -0.1) is 5.54 Å². The smallest absolute Gasteiger partial charge is 0.407 e. The summed E-state index contributed by atoms with van der Waals surface area (Å²) in [5.41, 5.74) is 3.55. The van der Waals surface area contributed by atoms with Crippen molar-refractivity contribution in [2.24, 2.45) is 5.16 Å². The highest BCUT2D eigenvalue weighted by molar-refractivity contribution is 6.84. The van der Waals surface area contributed by atoms with Gasteiger partial charge in [-0.1, -0.05) is 30.7 Å². The van der Waals surface area contributed by atoms with Gasteiger partial charge in [-0.25, -0.2) is 4.79 Å². The Morgan fingerprint density at radius 1 is 1.56 bits per heavy atom. The van der Waals surface area contributed by atoms with Crippen LogP contribution < -0.4 is 0 Å². The molecule has 0 bridgehead atoms. The maximum atomic E-state index is 10.9. The van der Waals surface area contributed by atoms with Crippen LogP contribution in [0, 0.1) is 11.5 Å². The lowest BCUT2D eigenvalue weighted by molar-refractivity contribution is -0.00904. The van der Waals surface area contributed by atoms with Gasteiger partial charge >= 0.3 is 6.09 Å². The number of oxime groups is 1. The third-order valence-electron chi connectivity index (χ3n) is 3.01. The van der Waals surface area contributed by atoms with E-state index in [1.807, 2.05) is 0 Å². The summed E-state index contributed by atoms with van der Waals surface area (Å²) in [6, 6.07) is 0. The van der Waals surface area contributed by atoms with Crippen LogP contribution in [-0.4, -0.2) is 48.6 Å². The monoisotopic (exact) mass is 266 g/mol. The molecule has 0 aromatic heterocycles. The number of hydrogen-bond donors (Lipinski definition) is 1. The Morgan fingerprint density at radius 3 is 2.83 bits per heavy atom. The van der Waals surface area contributed by atoms with Gasteiger partial charge in [-0.2, -0.15) is 0 Å². The van der Waals surface area contributed by atoms with Crippen molar-refractivity contribution < 1.29 is 14.7 Å². The number of amides is 1. The van der Waals surface area contributed by atoms with Gasteiger partial charge in [0.2, 0.25) is 0 Å². The molecule has 0 aromatic rings. The molecule has 1 atom stereocenters. The zero-order valence-electron chi connectivity index (χ0n) is 11.0. The first-order valence-corrected chi connectivity index (χ1v) is 9.56. The van der Waals surface area contributed by atoms with Crippen LogP contribution in [0.1, 0.15) is 12.8 Å². The summed E-state index contributed by atoms with van der Waals surface area (Å²) in [6.45, 7) is 7.43. The van der Waals surface area contributed by atoms with E-state index in [0.717, 1.165) is 5.71 Å². The maximum absolute atomic E-state index is 10.9. The van der Waals surface area contributed by atoms with Crippen molar-refractivity contribution in [3.8, 4) is 11.5 Å². The number of carbonyl (C=O) groups is 1. The first-order chi connectivity index (χ1) is 8.30. The van der Waals surface area contributed by atoms with Crippen molar-refractivity contribution >= 4 is 19.9 Å². The van der Waals surface area contributed by atoms with Gasteiger partial charge < -0.3 is 14.8 Å². The molecule has 1 unspecified atom stereocenters. The van der Waals surface area contributed by atoms with Crippen LogP contribution in [0.25, 0.3) is 0 Å². The van der Waals surface area contributed by atoms with Crippen molar-refractivity contribution in [1.29, 1.82) is 0 Å². The van der Waals surface area contributed by atoms with E-state index in [-0.39, 0.29) is 0 Å². The number of likely N-dealkylation sites (tertiary alicyclic amines) is 1. The summed E-state index contributed by atoms with van der Waals surface area (Å²) in [4.78, 5) is 17.7. The van der Waals surface area contributed by atoms with E-state index >= 15 is 0 Å². The van der Waals surface area contributed by atoms with Gasteiger partial charge in [0.05, 0.1) is 6.54 Å². The SMILES string of the molecule is C[Si](C)(C)C#CC1=NOC2(CCN(C(=O)O)C2)C1. The van der Waals surface area contributed by atoms with E-state index in [1.165, 1.54) is 4.90 Å². The normalized spacial score (nSPS) is 26.6. The van der Waals surface area contributed by atoms with Crippen molar-refractivity contribution in [3.05, 3.63) is 0 Å². The highest BCUT2D eigenvalue weighted by Crippen LogP contribution is 2.33. The fourth-order valence-electron chi connectivity index (χ4n) is 2.08. The second-order valence-corrected chi connectivity index (χ2v) is 10.7. The Balaban J connectivity index is 1.99. The molecular formula is C12H18N2O3Si. The van der Waals surface area contributed by atoms with Gasteiger partial charge in [0, 0.05) is 19.4 Å². The second-order valence-electron chi connectivity index (χ2n) is 5.94. The molecule has 2 aliphatic rings. The van der Waals surface area contributed by atoms with Crippen LogP contribution in [-0.2, 0) is 4.84 Å². The van der Waals surface area contributed by atoms with Crippen LogP contribution in [0.4, 0.5) is 4.79 Å². The lowest BCUT2D eigenvalue weighted by atomic mass is 9.97. The lowest BCUT2D eigenvalue weighted by Crippen LogP contribution is -2.35. The van der Waals surface area contributed by atoms with Crippen LogP contribution in [0.15, 0.2) is 5.16 Å². The highest BCUT2D eigenvalue weighted by atomic mass is 28.3. The maximum Gasteiger partial charge on any atom is 0.407 e. The van der Waals surface area contributed by atoms with Gasteiger partial charge in [0.1, 0.15) is 13.8 Å². The van der Waals surface area contributed by atoms with E-state index in [4.69, 9.17) is 9.94 Å². The Labute approximate surface area is 108 Å². The second kappa shape index (κ2) is 4.32. The molecule has 2 heterocycles. The van der Waals surface area contributed by atoms with Gasteiger partial charge in [-0.05, 0) is 0 Å². The average Bonchev–Trinajstić information content (AvgIpc) is 2.83. The Hall–Kier alpha value is -1.48. The summed E-state index contributed by atoms with van der Waals surface area (Å²) in [6.07, 6.45) is 0.437. The minimum atomic E-state index is -1.41. The van der Waals surface area contributed by atoms with E-state index in [1.54, 1.807) is 0 Å². The first kappa shape index (κ1) is 13.0. The number of nitrogens with zero attached hydrogens (tertiary/aromatic N) is 2. The largest absolute Gasteiger partial charge is 0.465 e. The quantitative estimate of drug-likeness (QED) is 0.537. The zero-order chi connectivity index (χ0) is 13.4. The minimum Gasteiger partial charge on any atom is -0.465 e. The molecule has 0 aromatic carbocycles. The average molecular weight is 266 g/mol. The summed E-state index contributed by atoms with van der Waals surface area (Å²) < 4.78 is 0. The van der Waals surface area contributed by atoms with Gasteiger partial charge in [0.25, 0.3) is 0 Å². The highest BCUT2D eigenvalue weighted by Gasteiger charge is 2.46. The molecule has 0 radical (unpaired) electrons. The summed E-state index contributed by atoms with van der Waals surface area (Å²) in [5.74, 6) is 3.09. The third-order valence-corrected chi connectivity index (χ3v) is 3.88. The van der Waals surface area contributed by atoms with Crippen LogP contribution in [0.3, 0.4) is 0 Å². The van der Waals surface area contributed by atoms with E-state index < -0.39 is 19.8 Å². The molecule has 1 saturated heterocycles. The molecular weight excluding hydrogens is 248 g/mol. The molecule has 0 aliphatic carbocycles. The summed E-state index contributed by atoms with van der Waals surface area (Å²) in [7, 11) is -1.41. The van der Waals surface area contributed by atoms with Crippen LogP contribution in [0.2, 0.25) is 19.6 Å². The fraction of sp³-hybridized carbons (Fsp3) is 0.667. The zero-order valence-corrected chi connectivity index (χ0v) is 12.0. The van der Waals surface area contributed by atoms with E-state index in [9.17, 15) is 4.79 Å². The molecule has 18 heavy (non-hydrogen) atoms. The van der Waals surface area contributed by atoms with Crippen LogP contribution in [0.5, 0.6) is 0 Å². The molecule has 1 fully saturated rings. The van der Waals surface area contributed by atoms with E-state index in [0.29, 0.717) is 25.9 Å². The topological polar surface area (TPSA) is 62.1 Å². The Morgan fingerprint density at radius 2 is 2.28 bits per heavy atom. The number of carboxylic acid groups (broad SMARTS) is 1. The van der Waals surface area contributed by atoms with Crippen molar-refractivity contribution in [1.82, 2.24) is 4.90 Å². The standard InChI is InChI=1S/C12H18N2O3Si/c1-18(2,3)7-4-10-8-12(17-13-10)5-6-14(9-12)11(15)16/h5-6,8-9H2,1-3H3,(H,15,16). The molecule has 1 N–H and O–H groups in total. The first-order valence-electron chi connectivity index (χ1n) is 6.06. The predicted octanol–water partition coefficient (Wildman–Crippen LogP) is 1.77. The lowest BCUT2D eigenvalue weighted by Gasteiger charge is -2.19. The molecule has 0 saturated carbocycles. The Bertz CT molecular complexity index is 458. The van der Waals surface area contributed by atoms with Gasteiger partial charge in [0.15, 0.2) is 5.60 Å². The van der Waals surface area contributed by atoms with Crippen molar-refractivity contribution in [2.45, 2.75) is 38.1 Å². The van der Waals surface area contributed by atoms with Gasteiger partial charge in [-0.3, -0.25) is 0 Å². The van der Waals surface area contributed by atoms with Crippen molar-refractivity contribution in [2.75, 3.05) is 13.1 Å². The third kappa shape index (κ3) is 2.85. The molecule has 2 rings (SSSR count). The molecule has 1 amide bonds. The Kier molecular flexibility index (Phi) is 3.11. The molecule has 5 nitrogen and oxygen atoms in total. The fourth-order valence-corrected chi connectivity index (χ4v) is 2.59.